The third-order valence-corrected chi connectivity index (χ3v) is 4.97. The van der Waals surface area contributed by atoms with Gasteiger partial charge in [0.2, 0.25) is 0 Å². The second kappa shape index (κ2) is 5.31. The van der Waals surface area contributed by atoms with Crippen molar-refractivity contribution in [3.8, 4) is 0 Å². The number of anilines is 1. The number of hydrogen-bond donors (Lipinski definition) is 1. The summed E-state index contributed by atoms with van der Waals surface area (Å²) >= 11 is 0. The van der Waals surface area contributed by atoms with Crippen LogP contribution in [-0.4, -0.2) is 55.4 Å². The first-order valence-corrected chi connectivity index (χ1v) is 7.86. The van der Waals surface area contributed by atoms with Gasteiger partial charge < -0.3 is 14.7 Å². The van der Waals surface area contributed by atoms with Gasteiger partial charge >= 0.3 is 0 Å². The Hall–Kier alpha value is -1.59. The molecule has 2 aliphatic rings. The standard InChI is InChI=1S/C16H22N4O/c1-17-12-6-7-13-11-20(9-8-19(13)10-12)16-14-4-2-3-5-15(14)21-18-16/h2-5,12-13,17H,6-11H2,1H3/t12-,13+/m1/s1. The van der Waals surface area contributed by atoms with Gasteiger partial charge in [-0.3, -0.25) is 4.90 Å². The number of hydrogen-bond acceptors (Lipinski definition) is 5. The summed E-state index contributed by atoms with van der Waals surface area (Å²) in [5.74, 6) is 1.01. The fourth-order valence-corrected chi connectivity index (χ4v) is 3.70. The van der Waals surface area contributed by atoms with E-state index in [-0.39, 0.29) is 0 Å². The highest BCUT2D eigenvalue weighted by Crippen LogP contribution is 2.29. The molecule has 1 N–H and O–H groups in total. The van der Waals surface area contributed by atoms with Crippen molar-refractivity contribution in [1.82, 2.24) is 15.4 Å². The molecule has 0 aliphatic carbocycles. The van der Waals surface area contributed by atoms with Crippen molar-refractivity contribution in [2.24, 2.45) is 0 Å². The molecule has 5 heteroatoms. The molecule has 0 spiro atoms. The van der Waals surface area contributed by atoms with E-state index >= 15 is 0 Å². The van der Waals surface area contributed by atoms with E-state index in [0.717, 1.165) is 36.4 Å². The summed E-state index contributed by atoms with van der Waals surface area (Å²) in [5.41, 5.74) is 0.883. The average Bonchev–Trinajstić information content (AvgIpc) is 2.98. The summed E-state index contributed by atoms with van der Waals surface area (Å²) in [4.78, 5) is 5.02. The van der Waals surface area contributed by atoms with Crippen LogP contribution in [0.5, 0.6) is 0 Å². The molecule has 0 saturated carbocycles. The van der Waals surface area contributed by atoms with E-state index in [1.807, 2.05) is 12.1 Å². The van der Waals surface area contributed by atoms with Gasteiger partial charge in [0.15, 0.2) is 11.4 Å². The zero-order valence-corrected chi connectivity index (χ0v) is 12.5. The van der Waals surface area contributed by atoms with Crippen LogP contribution in [0.1, 0.15) is 12.8 Å². The van der Waals surface area contributed by atoms with Crippen LogP contribution in [-0.2, 0) is 0 Å². The highest BCUT2D eigenvalue weighted by molar-refractivity contribution is 5.88. The zero-order valence-electron chi connectivity index (χ0n) is 12.5. The Labute approximate surface area is 124 Å². The molecule has 0 amide bonds. The van der Waals surface area contributed by atoms with E-state index < -0.39 is 0 Å². The van der Waals surface area contributed by atoms with E-state index in [9.17, 15) is 0 Å². The van der Waals surface area contributed by atoms with Crippen LogP contribution in [0.2, 0.25) is 0 Å². The smallest absolute Gasteiger partial charge is 0.180 e. The number of benzene rings is 1. The van der Waals surface area contributed by atoms with Crippen molar-refractivity contribution < 1.29 is 4.52 Å². The monoisotopic (exact) mass is 286 g/mol. The number of aromatic nitrogens is 1. The van der Waals surface area contributed by atoms with Crippen molar-refractivity contribution in [2.75, 3.05) is 38.1 Å². The third kappa shape index (κ3) is 2.30. The molecule has 4 rings (SSSR count). The molecule has 0 bridgehead atoms. The number of likely N-dealkylation sites (N-methyl/N-ethyl adjacent to an activating group) is 1. The molecule has 1 aromatic carbocycles. The second-order valence-electron chi connectivity index (χ2n) is 6.16. The predicted molar refractivity (Wildman–Crippen MR) is 83.7 cm³/mol. The quantitative estimate of drug-likeness (QED) is 0.910. The molecule has 0 unspecified atom stereocenters. The van der Waals surface area contributed by atoms with Gasteiger partial charge in [-0.15, -0.1) is 0 Å². The molecular formula is C16H22N4O. The predicted octanol–water partition coefficient (Wildman–Crippen LogP) is 1.70. The van der Waals surface area contributed by atoms with E-state index in [0.29, 0.717) is 12.1 Å². The molecule has 21 heavy (non-hydrogen) atoms. The van der Waals surface area contributed by atoms with Gasteiger partial charge in [0.25, 0.3) is 0 Å². The maximum Gasteiger partial charge on any atom is 0.180 e. The normalized spacial score (nSPS) is 27.0. The Balaban J connectivity index is 1.54. The molecule has 2 aliphatic heterocycles. The molecule has 3 heterocycles. The van der Waals surface area contributed by atoms with Gasteiger partial charge in [-0.25, -0.2) is 0 Å². The largest absolute Gasteiger partial charge is 0.354 e. The maximum atomic E-state index is 5.46. The lowest BCUT2D eigenvalue weighted by Crippen LogP contribution is -2.59. The molecule has 5 nitrogen and oxygen atoms in total. The number of nitrogens with zero attached hydrogens (tertiary/aromatic N) is 3. The van der Waals surface area contributed by atoms with Gasteiger partial charge in [0.05, 0.1) is 5.39 Å². The van der Waals surface area contributed by atoms with Crippen LogP contribution in [0.4, 0.5) is 5.82 Å². The van der Waals surface area contributed by atoms with Crippen molar-refractivity contribution in [2.45, 2.75) is 24.9 Å². The molecule has 2 atom stereocenters. The van der Waals surface area contributed by atoms with Crippen LogP contribution in [0, 0.1) is 0 Å². The highest BCUT2D eigenvalue weighted by Gasteiger charge is 2.33. The Morgan fingerprint density at radius 1 is 1.19 bits per heavy atom. The van der Waals surface area contributed by atoms with Crippen molar-refractivity contribution in [3.63, 3.8) is 0 Å². The molecule has 2 saturated heterocycles. The molecule has 0 radical (unpaired) electrons. The molecule has 1 aromatic heterocycles. The SMILES string of the molecule is CN[C@@H]1CC[C@H]2CN(c3noc4ccccc34)CCN2C1. The average molecular weight is 286 g/mol. The summed E-state index contributed by atoms with van der Waals surface area (Å²) in [6, 6.07) is 9.44. The number of piperidine rings is 1. The van der Waals surface area contributed by atoms with Crippen LogP contribution in [0.3, 0.4) is 0 Å². The number of rotatable bonds is 2. The van der Waals surface area contributed by atoms with E-state index in [1.165, 1.54) is 19.4 Å². The van der Waals surface area contributed by atoms with Gasteiger partial charge in [0.1, 0.15) is 0 Å². The molecule has 112 valence electrons. The first-order chi connectivity index (χ1) is 10.3. The second-order valence-corrected chi connectivity index (χ2v) is 6.16. The topological polar surface area (TPSA) is 44.5 Å². The fraction of sp³-hybridized carbons (Fsp3) is 0.562. The van der Waals surface area contributed by atoms with Crippen molar-refractivity contribution in [1.29, 1.82) is 0 Å². The summed E-state index contributed by atoms with van der Waals surface area (Å²) in [7, 11) is 2.07. The Bertz CT molecular complexity index is 626. The molecule has 2 fully saturated rings. The maximum absolute atomic E-state index is 5.46. The van der Waals surface area contributed by atoms with Gasteiger partial charge in [0, 0.05) is 38.3 Å². The Morgan fingerprint density at radius 2 is 2.10 bits per heavy atom. The molecule has 2 aromatic rings. The number of para-hydroxylation sites is 1. The van der Waals surface area contributed by atoms with Crippen LogP contribution in [0.25, 0.3) is 11.0 Å². The minimum absolute atomic E-state index is 0.652. The summed E-state index contributed by atoms with van der Waals surface area (Å²) in [6.45, 7) is 4.38. The first-order valence-electron chi connectivity index (χ1n) is 7.86. The third-order valence-electron chi connectivity index (χ3n) is 4.97. The number of fused-ring (bicyclic) bond motifs is 2. The lowest BCUT2D eigenvalue weighted by atomic mass is 9.96. The van der Waals surface area contributed by atoms with Gasteiger partial charge in [-0.1, -0.05) is 17.3 Å². The van der Waals surface area contributed by atoms with E-state index in [4.69, 9.17) is 4.52 Å². The number of piperazine rings is 1. The Morgan fingerprint density at radius 3 is 3.00 bits per heavy atom. The summed E-state index contributed by atoms with van der Waals surface area (Å²) in [6.07, 6.45) is 2.53. The van der Waals surface area contributed by atoms with Gasteiger partial charge in [-0.2, -0.15) is 0 Å². The Kier molecular flexibility index (Phi) is 3.31. The summed E-state index contributed by atoms with van der Waals surface area (Å²) < 4.78 is 5.46. The summed E-state index contributed by atoms with van der Waals surface area (Å²) in [5, 5.41) is 8.86. The lowest BCUT2D eigenvalue weighted by Gasteiger charge is -2.46. The first kappa shape index (κ1) is 13.1. The van der Waals surface area contributed by atoms with E-state index in [1.54, 1.807) is 0 Å². The lowest BCUT2D eigenvalue weighted by molar-refractivity contribution is 0.111. The van der Waals surface area contributed by atoms with Crippen molar-refractivity contribution in [3.05, 3.63) is 24.3 Å². The van der Waals surface area contributed by atoms with Crippen LogP contribution < -0.4 is 10.2 Å². The van der Waals surface area contributed by atoms with E-state index in [2.05, 4.69) is 39.5 Å². The minimum Gasteiger partial charge on any atom is -0.354 e. The zero-order chi connectivity index (χ0) is 14.2. The van der Waals surface area contributed by atoms with Crippen LogP contribution in [0.15, 0.2) is 28.8 Å². The highest BCUT2D eigenvalue weighted by atomic mass is 16.5. The van der Waals surface area contributed by atoms with Crippen LogP contribution >= 0.6 is 0 Å². The molecular weight excluding hydrogens is 264 g/mol. The minimum atomic E-state index is 0.652. The van der Waals surface area contributed by atoms with Crippen molar-refractivity contribution >= 4 is 16.8 Å². The van der Waals surface area contributed by atoms with Gasteiger partial charge in [-0.05, 0) is 32.0 Å². The number of nitrogens with one attached hydrogen (secondary N) is 1. The fourth-order valence-electron chi connectivity index (χ4n) is 3.70.